The lowest BCUT2D eigenvalue weighted by Gasteiger charge is -2.28. The molecule has 0 saturated heterocycles. The zero-order chi connectivity index (χ0) is 23.9. The molecule has 2 unspecified atom stereocenters. The number of carbonyl (C=O) groups is 4. The first kappa shape index (κ1) is 27.4. The molecule has 2 atom stereocenters. The van der Waals surface area contributed by atoms with Gasteiger partial charge in [-0.25, -0.2) is 9.59 Å². The number of hydrogen-bond acceptors (Lipinski definition) is 8. The molecule has 1 saturated carbocycles. The minimum absolute atomic E-state index is 0.213. The summed E-state index contributed by atoms with van der Waals surface area (Å²) in [4.78, 5) is 47.6. The van der Waals surface area contributed by atoms with Gasteiger partial charge >= 0.3 is 23.9 Å². The van der Waals surface area contributed by atoms with E-state index in [1.807, 2.05) is 0 Å². The molecule has 180 valence electrons. The van der Waals surface area contributed by atoms with Crippen LogP contribution in [0.2, 0.25) is 0 Å². The van der Waals surface area contributed by atoms with Crippen LogP contribution < -0.4 is 0 Å². The van der Waals surface area contributed by atoms with E-state index >= 15 is 0 Å². The molecule has 0 aromatic rings. The van der Waals surface area contributed by atoms with Crippen molar-refractivity contribution < 1.29 is 38.1 Å². The Morgan fingerprint density at radius 3 is 1.25 bits per heavy atom. The Bertz CT molecular complexity index is 623. The first-order chi connectivity index (χ1) is 15.2. The van der Waals surface area contributed by atoms with Gasteiger partial charge in [-0.15, -0.1) is 0 Å². The summed E-state index contributed by atoms with van der Waals surface area (Å²) in [6.07, 6.45) is 5.22. The molecule has 0 amide bonds. The topological polar surface area (TPSA) is 105 Å². The molecule has 0 aliphatic heterocycles. The minimum Gasteiger partial charge on any atom is -0.465 e. The lowest BCUT2D eigenvalue weighted by molar-refractivity contribution is -0.163. The van der Waals surface area contributed by atoms with E-state index in [1.165, 1.54) is 0 Å². The molecule has 0 bridgehead atoms. The van der Waals surface area contributed by atoms with E-state index in [1.54, 1.807) is 13.8 Å². The second-order valence-electron chi connectivity index (χ2n) is 8.08. The lowest BCUT2D eigenvalue weighted by atomic mass is 9.79. The van der Waals surface area contributed by atoms with E-state index < -0.39 is 23.8 Å². The van der Waals surface area contributed by atoms with Crippen molar-refractivity contribution >= 4 is 23.9 Å². The van der Waals surface area contributed by atoms with Crippen molar-refractivity contribution in [1.82, 2.24) is 0 Å². The first-order valence-electron chi connectivity index (χ1n) is 11.2. The third-order valence-electron chi connectivity index (χ3n) is 5.10. The second-order valence-corrected chi connectivity index (χ2v) is 8.08. The predicted octanol–water partition coefficient (Wildman–Crippen LogP) is 3.68. The van der Waals surface area contributed by atoms with Gasteiger partial charge in [-0.05, 0) is 52.4 Å². The molecule has 1 aliphatic carbocycles. The second kappa shape index (κ2) is 15.2. The van der Waals surface area contributed by atoms with E-state index in [9.17, 15) is 19.2 Å². The van der Waals surface area contributed by atoms with Crippen molar-refractivity contribution in [1.29, 1.82) is 0 Å². The zero-order valence-electron chi connectivity index (χ0n) is 19.3. The molecule has 1 rings (SSSR count). The summed E-state index contributed by atoms with van der Waals surface area (Å²) in [6.45, 7) is 11.1. The van der Waals surface area contributed by atoms with Gasteiger partial charge in [0.1, 0.15) is 0 Å². The molecule has 0 aromatic heterocycles. The van der Waals surface area contributed by atoms with Gasteiger partial charge in [-0.3, -0.25) is 9.59 Å². The van der Waals surface area contributed by atoms with Gasteiger partial charge in [0, 0.05) is 11.1 Å². The Morgan fingerprint density at radius 1 is 0.625 bits per heavy atom. The van der Waals surface area contributed by atoms with Crippen LogP contribution in [0.5, 0.6) is 0 Å². The van der Waals surface area contributed by atoms with Gasteiger partial charge < -0.3 is 18.9 Å². The highest BCUT2D eigenvalue weighted by atomic mass is 16.5. The largest absolute Gasteiger partial charge is 0.465 e. The molecule has 0 N–H and O–H groups in total. The molecular formula is C24H36O8. The van der Waals surface area contributed by atoms with Crippen LogP contribution in [0, 0.1) is 11.8 Å². The summed E-state index contributed by atoms with van der Waals surface area (Å²) in [5, 5.41) is 0. The van der Waals surface area contributed by atoms with Crippen LogP contribution >= 0.6 is 0 Å². The van der Waals surface area contributed by atoms with Gasteiger partial charge in [0.25, 0.3) is 0 Å². The fraction of sp³-hybridized carbons (Fsp3) is 0.667. The summed E-state index contributed by atoms with van der Waals surface area (Å²) in [7, 11) is 0. The van der Waals surface area contributed by atoms with Crippen LogP contribution in [0.4, 0.5) is 0 Å². The fourth-order valence-electron chi connectivity index (χ4n) is 3.24. The fourth-order valence-corrected chi connectivity index (χ4v) is 3.24. The number of unbranched alkanes of at least 4 members (excludes halogenated alkanes) is 2. The third kappa shape index (κ3) is 10.6. The van der Waals surface area contributed by atoms with Gasteiger partial charge in [0.05, 0.1) is 38.3 Å². The SMILES string of the molecule is C=C(C)C(=O)OCCCCOC(=O)C1CCCCC1C(=O)OCCCCOC(=O)C(=C)C. The highest BCUT2D eigenvalue weighted by molar-refractivity contribution is 5.87. The Labute approximate surface area is 190 Å². The standard InChI is InChI=1S/C24H36O8/c1-17(2)21(25)29-13-7-9-15-31-23(27)19-11-5-6-12-20(19)24(28)32-16-10-8-14-30-22(26)18(3)4/h19-20H,1,3,5-16H2,2,4H3. The highest BCUT2D eigenvalue weighted by Gasteiger charge is 2.37. The molecule has 0 heterocycles. The Kier molecular flexibility index (Phi) is 13.0. The van der Waals surface area contributed by atoms with Crippen molar-refractivity contribution in [2.24, 2.45) is 11.8 Å². The Balaban J connectivity index is 2.28. The Morgan fingerprint density at radius 2 is 0.938 bits per heavy atom. The van der Waals surface area contributed by atoms with Crippen molar-refractivity contribution in [3.8, 4) is 0 Å². The zero-order valence-corrected chi connectivity index (χ0v) is 19.3. The first-order valence-corrected chi connectivity index (χ1v) is 11.2. The Hall–Kier alpha value is -2.64. The van der Waals surface area contributed by atoms with Gasteiger partial charge in [-0.2, -0.15) is 0 Å². The van der Waals surface area contributed by atoms with Crippen molar-refractivity contribution in [3.63, 3.8) is 0 Å². The van der Waals surface area contributed by atoms with Gasteiger partial charge in [0.2, 0.25) is 0 Å². The normalized spacial score (nSPS) is 17.7. The van der Waals surface area contributed by atoms with Gasteiger partial charge in [0.15, 0.2) is 0 Å². The summed E-state index contributed by atoms with van der Waals surface area (Å²) < 4.78 is 20.7. The van der Waals surface area contributed by atoms with E-state index in [0.717, 1.165) is 12.8 Å². The smallest absolute Gasteiger partial charge is 0.333 e. The summed E-state index contributed by atoms with van der Waals surface area (Å²) >= 11 is 0. The van der Waals surface area contributed by atoms with E-state index in [-0.39, 0.29) is 38.4 Å². The molecule has 1 fully saturated rings. The lowest BCUT2D eigenvalue weighted by Crippen LogP contribution is -2.35. The molecule has 1 aliphatic rings. The van der Waals surface area contributed by atoms with Crippen molar-refractivity contribution in [2.45, 2.75) is 65.2 Å². The molecule has 0 radical (unpaired) electrons. The van der Waals surface area contributed by atoms with Gasteiger partial charge in [-0.1, -0.05) is 26.0 Å². The molecule has 8 heteroatoms. The third-order valence-corrected chi connectivity index (χ3v) is 5.10. The van der Waals surface area contributed by atoms with Crippen LogP contribution in [0.3, 0.4) is 0 Å². The van der Waals surface area contributed by atoms with E-state index in [4.69, 9.17) is 18.9 Å². The molecular weight excluding hydrogens is 416 g/mol. The maximum Gasteiger partial charge on any atom is 0.333 e. The molecule has 0 spiro atoms. The van der Waals surface area contributed by atoms with Crippen LogP contribution in [-0.2, 0) is 38.1 Å². The number of rotatable bonds is 14. The minimum atomic E-state index is -0.492. The summed E-state index contributed by atoms with van der Waals surface area (Å²) in [5.74, 6) is -2.60. The van der Waals surface area contributed by atoms with E-state index in [0.29, 0.717) is 49.7 Å². The molecule has 32 heavy (non-hydrogen) atoms. The van der Waals surface area contributed by atoms with Crippen LogP contribution in [-0.4, -0.2) is 50.3 Å². The van der Waals surface area contributed by atoms with Crippen LogP contribution in [0.1, 0.15) is 65.2 Å². The maximum absolute atomic E-state index is 12.5. The summed E-state index contributed by atoms with van der Waals surface area (Å²) in [6, 6.07) is 0. The average molecular weight is 453 g/mol. The molecule has 8 nitrogen and oxygen atoms in total. The maximum atomic E-state index is 12.5. The number of ether oxygens (including phenoxy) is 4. The number of esters is 4. The summed E-state index contributed by atoms with van der Waals surface area (Å²) in [5.41, 5.74) is 0.690. The van der Waals surface area contributed by atoms with E-state index in [2.05, 4.69) is 13.2 Å². The predicted molar refractivity (Wildman–Crippen MR) is 117 cm³/mol. The number of hydrogen-bond donors (Lipinski definition) is 0. The monoisotopic (exact) mass is 452 g/mol. The van der Waals surface area contributed by atoms with Crippen LogP contribution in [0.25, 0.3) is 0 Å². The highest BCUT2D eigenvalue weighted by Crippen LogP contribution is 2.32. The number of carbonyl (C=O) groups excluding carboxylic acids is 4. The quantitative estimate of drug-likeness (QED) is 0.170. The average Bonchev–Trinajstić information content (AvgIpc) is 2.77. The van der Waals surface area contributed by atoms with Crippen molar-refractivity contribution in [3.05, 3.63) is 24.3 Å². The van der Waals surface area contributed by atoms with Crippen molar-refractivity contribution in [2.75, 3.05) is 26.4 Å². The van der Waals surface area contributed by atoms with Crippen LogP contribution in [0.15, 0.2) is 24.3 Å². The molecule has 0 aromatic carbocycles.